The molecule has 3 atom stereocenters. The molecule has 2 saturated heterocycles. The summed E-state index contributed by atoms with van der Waals surface area (Å²) in [5.41, 5.74) is 0.454. The molecule has 39 heavy (non-hydrogen) atoms. The van der Waals surface area contributed by atoms with Crippen LogP contribution < -0.4 is 5.32 Å². The molecule has 0 radical (unpaired) electrons. The maximum Gasteiger partial charge on any atom is 0.410 e. The number of anilines is 1. The lowest BCUT2D eigenvalue weighted by Crippen LogP contribution is -2.49. The van der Waals surface area contributed by atoms with Crippen molar-refractivity contribution in [2.45, 2.75) is 89.9 Å². The number of likely N-dealkylation sites (tertiary alicyclic amines) is 1. The minimum absolute atomic E-state index is 0.0617. The van der Waals surface area contributed by atoms with E-state index in [9.17, 15) is 14.4 Å². The quantitative estimate of drug-likeness (QED) is 0.454. The lowest BCUT2D eigenvalue weighted by Gasteiger charge is -2.34. The topological polar surface area (TPSA) is 107 Å². The van der Waals surface area contributed by atoms with Crippen LogP contribution in [0.4, 0.5) is 10.5 Å². The van der Waals surface area contributed by atoms with E-state index in [1.54, 1.807) is 29.2 Å². The van der Waals surface area contributed by atoms with E-state index in [1.165, 1.54) is 6.42 Å². The zero-order valence-electron chi connectivity index (χ0n) is 23.2. The largest absolute Gasteiger partial charge is 0.457 e. The maximum absolute atomic E-state index is 13.7. The van der Waals surface area contributed by atoms with Gasteiger partial charge in [0.25, 0.3) is 0 Å². The number of carbonyl (C=O) groups excluding carboxylic acids is 3. The summed E-state index contributed by atoms with van der Waals surface area (Å²) in [5.74, 6) is -0.132. The minimum atomic E-state index is -0.643. The van der Waals surface area contributed by atoms with E-state index >= 15 is 0 Å². The Bertz CT molecular complexity index is 1190. The van der Waals surface area contributed by atoms with Crippen LogP contribution in [0.5, 0.6) is 0 Å². The molecule has 1 saturated carbocycles. The predicted octanol–water partition coefficient (Wildman–Crippen LogP) is 5.91. The number of hydrogen-bond acceptors (Lipinski definition) is 7. The first kappa shape index (κ1) is 27.5. The smallest absolute Gasteiger partial charge is 0.410 e. The van der Waals surface area contributed by atoms with Crippen molar-refractivity contribution in [2.75, 3.05) is 25.1 Å². The van der Waals surface area contributed by atoms with Crippen molar-refractivity contribution in [1.29, 1.82) is 0 Å². The Morgan fingerprint density at radius 1 is 1.03 bits per heavy atom. The molecule has 5 rings (SSSR count). The zero-order chi connectivity index (χ0) is 27.6. The van der Waals surface area contributed by atoms with Crippen LogP contribution >= 0.6 is 0 Å². The number of carbonyl (C=O) groups is 3. The molecule has 3 heterocycles. The molecule has 0 unspecified atom stereocenters. The lowest BCUT2D eigenvalue weighted by atomic mass is 9.76. The van der Waals surface area contributed by atoms with Crippen molar-refractivity contribution in [3.63, 3.8) is 0 Å². The maximum atomic E-state index is 13.7. The van der Waals surface area contributed by atoms with Gasteiger partial charge in [-0.05, 0) is 76.1 Å². The van der Waals surface area contributed by atoms with Crippen molar-refractivity contribution in [2.24, 2.45) is 11.8 Å². The van der Waals surface area contributed by atoms with Gasteiger partial charge < -0.3 is 23.9 Å². The number of fused-ring (bicyclic) bond motifs is 1. The molecule has 9 nitrogen and oxygen atoms in total. The van der Waals surface area contributed by atoms with E-state index in [2.05, 4.69) is 5.32 Å². The van der Waals surface area contributed by atoms with E-state index in [0.29, 0.717) is 35.7 Å². The normalized spacial score (nSPS) is 24.2. The Balaban J connectivity index is 1.30. The van der Waals surface area contributed by atoms with E-state index in [-0.39, 0.29) is 30.3 Å². The SMILES string of the molecule is CC(C)(C)OC(=O)N1CC[C@@H](C2CCCCC2)[C@H]1C(=O)Nc1ccc2oc(C(=O)OC[C@H]3CCCO3)cc2c1. The second-order valence-electron chi connectivity index (χ2n) is 12.1. The summed E-state index contributed by atoms with van der Waals surface area (Å²) in [6.07, 6.45) is 7.86. The summed E-state index contributed by atoms with van der Waals surface area (Å²) in [7, 11) is 0. The second-order valence-corrected chi connectivity index (χ2v) is 12.1. The summed E-state index contributed by atoms with van der Waals surface area (Å²) in [5, 5.41) is 3.71. The van der Waals surface area contributed by atoms with Crippen molar-refractivity contribution in [1.82, 2.24) is 4.90 Å². The molecule has 0 spiro atoms. The summed E-state index contributed by atoms with van der Waals surface area (Å²) in [6, 6.07) is 6.27. The fourth-order valence-corrected chi connectivity index (χ4v) is 6.19. The highest BCUT2D eigenvalue weighted by Crippen LogP contribution is 2.40. The van der Waals surface area contributed by atoms with Crippen molar-refractivity contribution in [3.8, 4) is 0 Å². The van der Waals surface area contributed by atoms with E-state index in [1.807, 2.05) is 20.8 Å². The first-order valence-corrected chi connectivity index (χ1v) is 14.3. The molecule has 1 aromatic carbocycles. The highest BCUT2D eigenvalue weighted by Gasteiger charge is 2.46. The van der Waals surface area contributed by atoms with Gasteiger partial charge in [-0.15, -0.1) is 0 Å². The number of esters is 1. The van der Waals surface area contributed by atoms with Gasteiger partial charge in [0.05, 0.1) is 6.10 Å². The minimum Gasteiger partial charge on any atom is -0.457 e. The number of rotatable bonds is 6. The van der Waals surface area contributed by atoms with E-state index in [0.717, 1.165) is 44.9 Å². The van der Waals surface area contributed by atoms with Gasteiger partial charge in [0.1, 0.15) is 23.8 Å². The van der Waals surface area contributed by atoms with Gasteiger partial charge in [0.2, 0.25) is 11.7 Å². The number of amides is 2. The number of nitrogens with zero attached hydrogens (tertiary/aromatic N) is 1. The van der Waals surface area contributed by atoms with Crippen molar-refractivity contribution in [3.05, 3.63) is 30.0 Å². The van der Waals surface area contributed by atoms with E-state index < -0.39 is 23.7 Å². The molecule has 3 fully saturated rings. The molecule has 1 N–H and O–H groups in total. The second kappa shape index (κ2) is 11.6. The number of benzene rings is 1. The first-order valence-electron chi connectivity index (χ1n) is 14.3. The molecule has 2 amide bonds. The average molecular weight is 541 g/mol. The fourth-order valence-electron chi connectivity index (χ4n) is 6.19. The Kier molecular flexibility index (Phi) is 8.16. The number of furan rings is 1. The van der Waals surface area contributed by atoms with Gasteiger partial charge in [0, 0.05) is 24.2 Å². The standard InChI is InChI=1S/C30H40N2O7/c1-30(2,3)39-29(35)32-14-13-23(19-8-5-4-6-9-19)26(32)27(33)31-21-11-12-24-20(16-21)17-25(38-24)28(34)37-18-22-10-7-15-36-22/h11-12,16-17,19,22-23,26H,4-10,13-15,18H2,1-3H3,(H,31,33)/t22-,23+,26+/m1/s1. The third-order valence-corrected chi connectivity index (χ3v) is 8.01. The lowest BCUT2D eigenvalue weighted by molar-refractivity contribution is -0.122. The molecular weight excluding hydrogens is 500 g/mol. The Hall–Kier alpha value is -3.07. The Morgan fingerprint density at radius 2 is 1.82 bits per heavy atom. The number of nitrogens with one attached hydrogen (secondary N) is 1. The summed E-state index contributed by atoms with van der Waals surface area (Å²) >= 11 is 0. The van der Waals surface area contributed by atoms with Gasteiger partial charge in [-0.25, -0.2) is 9.59 Å². The van der Waals surface area contributed by atoms with Gasteiger partial charge in [-0.2, -0.15) is 0 Å². The molecule has 212 valence electrons. The molecule has 2 aliphatic heterocycles. The average Bonchev–Trinajstić information content (AvgIpc) is 3.66. The third-order valence-electron chi connectivity index (χ3n) is 8.01. The highest BCUT2D eigenvalue weighted by atomic mass is 16.6. The van der Waals surface area contributed by atoms with Crippen LogP contribution in [0.3, 0.4) is 0 Å². The van der Waals surface area contributed by atoms with Crippen LogP contribution in [0.15, 0.2) is 28.7 Å². The molecule has 0 bridgehead atoms. The van der Waals surface area contributed by atoms with Crippen LogP contribution in [0, 0.1) is 11.8 Å². The zero-order valence-corrected chi connectivity index (χ0v) is 23.2. The summed E-state index contributed by atoms with van der Waals surface area (Å²) in [6.45, 7) is 6.91. The highest BCUT2D eigenvalue weighted by molar-refractivity contribution is 5.99. The van der Waals surface area contributed by atoms with Gasteiger partial charge in [-0.3, -0.25) is 9.69 Å². The van der Waals surface area contributed by atoms with Gasteiger partial charge in [0.15, 0.2) is 0 Å². The van der Waals surface area contributed by atoms with Crippen molar-refractivity contribution >= 4 is 34.6 Å². The molecule has 3 aliphatic rings. The van der Waals surface area contributed by atoms with Crippen LogP contribution in [0.25, 0.3) is 11.0 Å². The number of ether oxygens (including phenoxy) is 3. The molecule has 1 aliphatic carbocycles. The number of hydrogen-bond donors (Lipinski definition) is 1. The van der Waals surface area contributed by atoms with Crippen LogP contribution in [0.2, 0.25) is 0 Å². The van der Waals surface area contributed by atoms with Gasteiger partial charge in [-0.1, -0.05) is 32.1 Å². The molecule has 1 aromatic heterocycles. The third kappa shape index (κ3) is 6.57. The van der Waals surface area contributed by atoms with Crippen LogP contribution in [0.1, 0.15) is 82.7 Å². The predicted molar refractivity (Wildman–Crippen MR) is 146 cm³/mol. The van der Waals surface area contributed by atoms with Crippen LogP contribution in [-0.4, -0.2) is 60.4 Å². The molecular formula is C30H40N2O7. The molecule has 9 heteroatoms. The fraction of sp³-hybridized carbons (Fsp3) is 0.633. The first-order chi connectivity index (χ1) is 18.7. The Labute approximate surface area is 229 Å². The Morgan fingerprint density at radius 3 is 2.54 bits per heavy atom. The van der Waals surface area contributed by atoms with Crippen molar-refractivity contribution < 1.29 is 33.0 Å². The van der Waals surface area contributed by atoms with Gasteiger partial charge >= 0.3 is 12.1 Å². The van der Waals surface area contributed by atoms with E-state index in [4.69, 9.17) is 18.6 Å². The monoisotopic (exact) mass is 540 g/mol. The summed E-state index contributed by atoms with van der Waals surface area (Å²) in [4.78, 5) is 40.9. The summed E-state index contributed by atoms with van der Waals surface area (Å²) < 4.78 is 22.2. The molecule has 2 aromatic rings. The van der Waals surface area contributed by atoms with Crippen LogP contribution in [-0.2, 0) is 19.0 Å².